The number of anilines is 1. The maximum Gasteiger partial charge on any atom is 0.279 e. The zero-order valence-corrected chi connectivity index (χ0v) is 13.3. The molecule has 8 heteroatoms. The van der Waals surface area contributed by atoms with E-state index in [0.29, 0.717) is 17.2 Å². The molecule has 2 aliphatic rings. The molecule has 0 saturated carbocycles. The van der Waals surface area contributed by atoms with Gasteiger partial charge in [-0.1, -0.05) is 23.3 Å². The first-order valence-corrected chi connectivity index (χ1v) is 8.68. The van der Waals surface area contributed by atoms with Crippen molar-refractivity contribution in [3.05, 3.63) is 22.7 Å². The molecule has 118 valence electrons. The summed E-state index contributed by atoms with van der Waals surface area (Å²) < 4.78 is 7.18. The SMILES string of the molecule is N#Cc1c(NC(=O)c2noc3c2CCCCC3)nc2n1CCS2. The van der Waals surface area contributed by atoms with Gasteiger partial charge in [0.2, 0.25) is 0 Å². The topological polar surface area (TPSA) is 96.7 Å². The first kappa shape index (κ1) is 14.3. The Morgan fingerprint density at radius 3 is 3.09 bits per heavy atom. The number of hydrogen-bond acceptors (Lipinski definition) is 6. The maximum atomic E-state index is 12.6. The first-order chi connectivity index (χ1) is 11.3. The van der Waals surface area contributed by atoms with E-state index in [4.69, 9.17) is 4.52 Å². The summed E-state index contributed by atoms with van der Waals surface area (Å²) in [7, 11) is 0. The van der Waals surface area contributed by atoms with E-state index in [2.05, 4.69) is 21.5 Å². The summed E-state index contributed by atoms with van der Waals surface area (Å²) in [4.78, 5) is 16.9. The molecule has 0 bridgehead atoms. The molecule has 0 saturated heterocycles. The van der Waals surface area contributed by atoms with E-state index in [9.17, 15) is 10.1 Å². The minimum absolute atomic E-state index is 0.310. The zero-order valence-electron chi connectivity index (χ0n) is 12.5. The number of nitriles is 1. The van der Waals surface area contributed by atoms with Crippen molar-refractivity contribution in [2.75, 3.05) is 11.1 Å². The lowest BCUT2D eigenvalue weighted by atomic mass is 10.1. The number of carbonyl (C=O) groups is 1. The van der Waals surface area contributed by atoms with Gasteiger partial charge in [0.1, 0.15) is 11.8 Å². The van der Waals surface area contributed by atoms with Gasteiger partial charge in [-0.05, 0) is 19.3 Å². The molecule has 3 heterocycles. The van der Waals surface area contributed by atoms with Crippen molar-refractivity contribution in [1.29, 1.82) is 5.26 Å². The highest BCUT2D eigenvalue weighted by atomic mass is 32.2. The van der Waals surface area contributed by atoms with Crippen LogP contribution in [0.1, 0.15) is 46.8 Å². The molecule has 1 amide bonds. The summed E-state index contributed by atoms with van der Waals surface area (Å²) in [6.45, 7) is 0.741. The largest absolute Gasteiger partial charge is 0.360 e. The number of thioether (sulfide) groups is 1. The summed E-state index contributed by atoms with van der Waals surface area (Å²) in [6.07, 6.45) is 4.87. The van der Waals surface area contributed by atoms with Crippen LogP contribution in [-0.4, -0.2) is 26.4 Å². The number of aromatic nitrogens is 3. The van der Waals surface area contributed by atoms with Gasteiger partial charge < -0.3 is 14.4 Å². The number of aryl methyl sites for hydroxylation is 1. The van der Waals surface area contributed by atoms with Crippen LogP contribution in [0.3, 0.4) is 0 Å². The van der Waals surface area contributed by atoms with Gasteiger partial charge in [0, 0.05) is 24.3 Å². The highest BCUT2D eigenvalue weighted by Gasteiger charge is 2.27. The lowest BCUT2D eigenvalue weighted by molar-refractivity contribution is 0.101. The van der Waals surface area contributed by atoms with Crippen LogP contribution in [0.5, 0.6) is 0 Å². The third-order valence-corrected chi connectivity index (χ3v) is 5.19. The van der Waals surface area contributed by atoms with E-state index in [0.717, 1.165) is 60.9 Å². The van der Waals surface area contributed by atoms with Crippen LogP contribution >= 0.6 is 11.8 Å². The normalized spacial score (nSPS) is 16.3. The minimum atomic E-state index is -0.352. The van der Waals surface area contributed by atoms with Crippen molar-refractivity contribution in [3.8, 4) is 6.07 Å². The Kier molecular flexibility index (Phi) is 3.58. The summed E-state index contributed by atoms with van der Waals surface area (Å²) >= 11 is 1.58. The Labute approximate surface area is 137 Å². The van der Waals surface area contributed by atoms with Crippen LogP contribution in [0.15, 0.2) is 9.68 Å². The average molecular weight is 329 g/mol. The van der Waals surface area contributed by atoms with E-state index < -0.39 is 0 Å². The second kappa shape index (κ2) is 5.74. The minimum Gasteiger partial charge on any atom is -0.360 e. The molecular weight excluding hydrogens is 314 g/mol. The Balaban J connectivity index is 1.62. The predicted molar refractivity (Wildman–Crippen MR) is 83.4 cm³/mol. The van der Waals surface area contributed by atoms with E-state index in [1.807, 2.05) is 4.57 Å². The summed E-state index contributed by atoms with van der Waals surface area (Å²) in [6, 6.07) is 2.13. The molecule has 1 N–H and O–H groups in total. The molecule has 7 nitrogen and oxygen atoms in total. The van der Waals surface area contributed by atoms with Gasteiger partial charge in [0.15, 0.2) is 22.4 Å². The molecule has 0 aromatic carbocycles. The van der Waals surface area contributed by atoms with E-state index in [-0.39, 0.29) is 5.91 Å². The average Bonchev–Trinajstić information content (AvgIpc) is 3.18. The second-order valence-corrected chi connectivity index (χ2v) is 6.71. The highest BCUT2D eigenvalue weighted by molar-refractivity contribution is 7.99. The maximum absolute atomic E-state index is 12.6. The predicted octanol–water partition coefficient (Wildman–Crippen LogP) is 2.37. The Hall–Kier alpha value is -2.27. The Morgan fingerprint density at radius 1 is 1.35 bits per heavy atom. The first-order valence-electron chi connectivity index (χ1n) is 7.70. The van der Waals surface area contributed by atoms with Gasteiger partial charge >= 0.3 is 0 Å². The van der Waals surface area contributed by atoms with Crippen LogP contribution < -0.4 is 5.32 Å². The summed E-state index contributed by atoms with van der Waals surface area (Å²) in [5.74, 6) is 1.68. The molecule has 0 spiro atoms. The van der Waals surface area contributed by atoms with Gasteiger partial charge in [0.25, 0.3) is 5.91 Å². The third-order valence-electron chi connectivity index (χ3n) is 4.23. The van der Waals surface area contributed by atoms with Gasteiger partial charge in [-0.3, -0.25) is 4.79 Å². The molecule has 0 unspecified atom stereocenters. The van der Waals surface area contributed by atoms with Gasteiger partial charge in [-0.15, -0.1) is 0 Å². The molecule has 0 atom stereocenters. The lowest BCUT2D eigenvalue weighted by Gasteiger charge is -2.03. The molecular formula is C15H15N5O2S. The Morgan fingerprint density at radius 2 is 2.22 bits per heavy atom. The third kappa shape index (κ3) is 2.41. The lowest BCUT2D eigenvalue weighted by Crippen LogP contribution is -2.16. The van der Waals surface area contributed by atoms with Crippen molar-refractivity contribution >= 4 is 23.5 Å². The zero-order chi connectivity index (χ0) is 15.8. The monoisotopic (exact) mass is 329 g/mol. The quantitative estimate of drug-likeness (QED) is 0.850. The van der Waals surface area contributed by atoms with Crippen molar-refractivity contribution in [2.24, 2.45) is 0 Å². The van der Waals surface area contributed by atoms with Crippen LogP contribution in [0.2, 0.25) is 0 Å². The number of rotatable bonds is 2. The fraction of sp³-hybridized carbons (Fsp3) is 0.467. The number of nitrogens with zero attached hydrogens (tertiary/aromatic N) is 4. The van der Waals surface area contributed by atoms with Gasteiger partial charge in [-0.25, -0.2) is 4.98 Å². The van der Waals surface area contributed by atoms with Crippen molar-refractivity contribution in [2.45, 2.75) is 43.8 Å². The number of fused-ring (bicyclic) bond motifs is 2. The van der Waals surface area contributed by atoms with Crippen molar-refractivity contribution < 1.29 is 9.32 Å². The molecule has 2 aromatic heterocycles. The Bertz CT molecular complexity index is 817. The molecule has 1 aliphatic carbocycles. The van der Waals surface area contributed by atoms with Crippen LogP contribution in [0.25, 0.3) is 0 Å². The van der Waals surface area contributed by atoms with Crippen LogP contribution in [-0.2, 0) is 19.4 Å². The van der Waals surface area contributed by atoms with E-state index in [1.54, 1.807) is 11.8 Å². The molecule has 1 aliphatic heterocycles. The highest BCUT2D eigenvalue weighted by Crippen LogP contribution is 2.31. The van der Waals surface area contributed by atoms with Crippen molar-refractivity contribution in [1.82, 2.24) is 14.7 Å². The fourth-order valence-electron chi connectivity index (χ4n) is 3.09. The molecule has 4 rings (SSSR count). The van der Waals surface area contributed by atoms with E-state index in [1.165, 1.54) is 0 Å². The number of carbonyl (C=O) groups excluding carboxylic acids is 1. The number of nitrogens with one attached hydrogen (secondary N) is 1. The molecule has 0 fully saturated rings. The second-order valence-electron chi connectivity index (χ2n) is 5.65. The van der Waals surface area contributed by atoms with E-state index >= 15 is 0 Å². The van der Waals surface area contributed by atoms with Crippen LogP contribution in [0, 0.1) is 11.3 Å². The number of hydrogen-bond donors (Lipinski definition) is 1. The molecule has 2 aromatic rings. The van der Waals surface area contributed by atoms with Gasteiger partial charge in [-0.2, -0.15) is 5.26 Å². The van der Waals surface area contributed by atoms with Crippen LogP contribution in [0.4, 0.5) is 5.82 Å². The molecule has 23 heavy (non-hydrogen) atoms. The molecule has 0 radical (unpaired) electrons. The summed E-state index contributed by atoms with van der Waals surface area (Å²) in [5, 5.41) is 16.8. The number of amides is 1. The smallest absolute Gasteiger partial charge is 0.279 e. The fourth-order valence-corrected chi connectivity index (χ4v) is 4.04. The van der Waals surface area contributed by atoms with Gasteiger partial charge in [0.05, 0.1) is 0 Å². The standard InChI is InChI=1S/C15H15N5O2S/c16-8-10-13(18-15-20(10)6-7-23-15)17-14(21)12-9-4-2-1-3-5-11(9)22-19-12/h1-7H2,(H,17,21). The summed E-state index contributed by atoms with van der Waals surface area (Å²) in [5.41, 5.74) is 1.62. The van der Waals surface area contributed by atoms with Crippen molar-refractivity contribution in [3.63, 3.8) is 0 Å². The number of imidazole rings is 1.